The highest BCUT2D eigenvalue weighted by Gasteiger charge is 2.40. The van der Waals surface area contributed by atoms with Gasteiger partial charge in [0.1, 0.15) is 0 Å². The third-order valence-corrected chi connectivity index (χ3v) is 4.86. The fraction of sp³-hybridized carbons (Fsp3) is 0.857. The maximum absolute atomic E-state index is 12.6. The van der Waals surface area contributed by atoms with Crippen molar-refractivity contribution in [1.82, 2.24) is 10.2 Å². The molecule has 2 amide bonds. The molecule has 2 heterocycles. The molecule has 0 spiro atoms. The first-order valence-electron chi connectivity index (χ1n) is 7.61. The number of hydrogen-bond acceptors (Lipinski definition) is 4. The predicted molar refractivity (Wildman–Crippen MR) is 72.8 cm³/mol. The normalized spacial score (nSPS) is 37.5. The van der Waals surface area contributed by atoms with Gasteiger partial charge in [-0.05, 0) is 25.2 Å². The van der Waals surface area contributed by atoms with Gasteiger partial charge < -0.3 is 20.7 Å². The summed E-state index contributed by atoms with van der Waals surface area (Å²) in [5.41, 5.74) is 5.26. The van der Waals surface area contributed by atoms with Gasteiger partial charge in [0.2, 0.25) is 11.8 Å². The number of morpholine rings is 1. The molecule has 3 N–H and O–H groups in total. The lowest BCUT2D eigenvalue weighted by Gasteiger charge is -2.33. The Morgan fingerprint density at radius 1 is 1.25 bits per heavy atom. The van der Waals surface area contributed by atoms with Crippen LogP contribution in [0.25, 0.3) is 0 Å². The zero-order valence-corrected chi connectivity index (χ0v) is 11.7. The number of amides is 2. The van der Waals surface area contributed by atoms with Crippen LogP contribution < -0.4 is 11.1 Å². The maximum atomic E-state index is 12.6. The van der Waals surface area contributed by atoms with Crippen molar-refractivity contribution < 1.29 is 14.3 Å². The number of rotatable bonds is 2. The van der Waals surface area contributed by atoms with Gasteiger partial charge in [-0.2, -0.15) is 0 Å². The SMILES string of the molecule is NC(=O)C1CN(C(=O)C2CC3CCCCC3N2)CCO1. The van der Waals surface area contributed by atoms with Gasteiger partial charge >= 0.3 is 0 Å². The number of hydrogen-bond donors (Lipinski definition) is 2. The second kappa shape index (κ2) is 5.69. The summed E-state index contributed by atoms with van der Waals surface area (Å²) in [4.78, 5) is 25.5. The Bertz CT molecular complexity index is 387. The topological polar surface area (TPSA) is 84.7 Å². The number of nitrogens with zero attached hydrogens (tertiary/aromatic N) is 1. The van der Waals surface area contributed by atoms with Crippen molar-refractivity contribution in [2.45, 2.75) is 50.3 Å². The highest BCUT2D eigenvalue weighted by Crippen LogP contribution is 2.33. The fourth-order valence-electron chi connectivity index (χ4n) is 3.75. The lowest BCUT2D eigenvalue weighted by molar-refractivity contribution is -0.146. The molecule has 0 radical (unpaired) electrons. The molecule has 20 heavy (non-hydrogen) atoms. The summed E-state index contributed by atoms with van der Waals surface area (Å²) in [6.07, 6.45) is 5.23. The van der Waals surface area contributed by atoms with Crippen LogP contribution in [-0.2, 0) is 14.3 Å². The zero-order chi connectivity index (χ0) is 14.1. The Labute approximate surface area is 119 Å². The quantitative estimate of drug-likeness (QED) is 0.722. The van der Waals surface area contributed by atoms with E-state index in [1.54, 1.807) is 4.90 Å². The smallest absolute Gasteiger partial charge is 0.248 e. The lowest BCUT2D eigenvalue weighted by atomic mass is 9.85. The molecule has 0 aromatic rings. The van der Waals surface area contributed by atoms with Gasteiger partial charge in [-0.15, -0.1) is 0 Å². The van der Waals surface area contributed by atoms with Crippen LogP contribution in [-0.4, -0.2) is 54.6 Å². The first-order chi connectivity index (χ1) is 9.65. The van der Waals surface area contributed by atoms with Crippen molar-refractivity contribution in [2.75, 3.05) is 19.7 Å². The summed E-state index contributed by atoms with van der Waals surface area (Å²) < 4.78 is 5.29. The van der Waals surface area contributed by atoms with E-state index in [0.717, 1.165) is 6.42 Å². The number of ether oxygens (including phenoxy) is 1. The standard InChI is InChI=1S/C14H23N3O3/c15-13(18)12-8-17(5-6-20-12)14(19)11-7-9-3-1-2-4-10(9)16-11/h9-12,16H,1-8H2,(H2,15,18). The van der Waals surface area contributed by atoms with Crippen molar-refractivity contribution in [2.24, 2.45) is 11.7 Å². The first-order valence-corrected chi connectivity index (χ1v) is 7.61. The molecular formula is C14H23N3O3. The number of carbonyl (C=O) groups is 2. The van der Waals surface area contributed by atoms with Gasteiger partial charge in [-0.25, -0.2) is 0 Å². The molecule has 3 fully saturated rings. The Balaban J connectivity index is 1.60. The van der Waals surface area contributed by atoms with Crippen LogP contribution in [0.15, 0.2) is 0 Å². The summed E-state index contributed by atoms with van der Waals surface area (Å²) in [7, 11) is 0. The number of fused-ring (bicyclic) bond motifs is 1. The van der Waals surface area contributed by atoms with E-state index in [1.165, 1.54) is 25.7 Å². The minimum atomic E-state index is -0.656. The zero-order valence-electron chi connectivity index (χ0n) is 11.7. The van der Waals surface area contributed by atoms with E-state index in [9.17, 15) is 9.59 Å². The number of primary amides is 1. The number of carbonyl (C=O) groups excluding carboxylic acids is 2. The molecule has 1 aliphatic carbocycles. The molecule has 2 aliphatic heterocycles. The average Bonchev–Trinajstić information content (AvgIpc) is 2.90. The molecule has 6 heteroatoms. The van der Waals surface area contributed by atoms with Crippen molar-refractivity contribution >= 4 is 11.8 Å². The molecule has 112 valence electrons. The van der Waals surface area contributed by atoms with Gasteiger partial charge in [-0.1, -0.05) is 12.8 Å². The molecule has 0 bridgehead atoms. The fourth-order valence-corrected chi connectivity index (χ4v) is 3.75. The first kappa shape index (κ1) is 13.8. The average molecular weight is 281 g/mol. The molecule has 2 saturated heterocycles. The molecule has 0 aromatic heterocycles. The third-order valence-electron chi connectivity index (χ3n) is 4.86. The van der Waals surface area contributed by atoms with Crippen molar-refractivity contribution in [3.8, 4) is 0 Å². The van der Waals surface area contributed by atoms with E-state index in [4.69, 9.17) is 10.5 Å². The molecular weight excluding hydrogens is 258 g/mol. The van der Waals surface area contributed by atoms with Gasteiger partial charge in [0, 0.05) is 12.6 Å². The van der Waals surface area contributed by atoms with Crippen LogP contribution in [0, 0.1) is 5.92 Å². The molecule has 4 unspecified atom stereocenters. The second-order valence-corrected chi connectivity index (χ2v) is 6.15. The Morgan fingerprint density at radius 3 is 2.80 bits per heavy atom. The Kier molecular flexibility index (Phi) is 3.94. The minimum absolute atomic E-state index is 0.0882. The summed E-state index contributed by atoms with van der Waals surface area (Å²) in [6.45, 7) is 1.23. The molecule has 0 aromatic carbocycles. The molecule has 4 atom stereocenters. The van der Waals surface area contributed by atoms with Crippen LogP contribution >= 0.6 is 0 Å². The third kappa shape index (κ3) is 2.67. The van der Waals surface area contributed by atoms with Crippen molar-refractivity contribution in [3.63, 3.8) is 0 Å². The van der Waals surface area contributed by atoms with E-state index in [-0.39, 0.29) is 11.9 Å². The summed E-state index contributed by atoms with van der Waals surface area (Å²) in [5.74, 6) is 0.259. The largest absolute Gasteiger partial charge is 0.367 e. The van der Waals surface area contributed by atoms with E-state index < -0.39 is 12.0 Å². The molecule has 3 rings (SSSR count). The van der Waals surface area contributed by atoms with E-state index in [1.807, 2.05) is 0 Å². The van der Waals surface area contributed by atoms with E-state index in [0.29, 0.717) is 31.7 Å². The number of nitrogens with one attached hydrogen (secondary N) is 1. The highest BCUT2D eigenvalue weighted by molar-refractivity contribution is 5.84. The maximum Gasteiger partial charge on any atom is 0.248 e. The van der Waals surface area contributed by atoms with Crippen LogP contribution in [0.4, 0.5) is 0 Å². The van der Waals surface area contributed by atoms with Crippen molar-refractivity contribution in [3.05, 3.63) is 0 Å². The second-order valence-electron chi connectivity index (χ2n) is 6.15. The molecule has 3 aliphatic rings. The molecule has 1 saturated carbocycles. The predicted octanol–water partition coefficient (Wildman–Crippen LogP) is -0.380. The van der Waals surface area contributed by atoms with Gasteiger partial charge in [0.15, 0.2) is 6.10 Å². The van der Waals surface area contributed by atoms with Crippen LogP contribution in [0.3, 0.4) is 0 Å². The van der Waals surface area contributed by atoms with Crippen molar-refractivity contribution in [1.29, 1.82) is 0 Å². The number of nitrogens with two attached hydrogens (primary N) is 1. The van der Waals surface area contributed by atoms with Crippen LogP contribution in [0.1, 0.15) is 32.1 Å². The monoisotopic (exact) mass is 281 g/mol. The lowest BCUT2D eigenvalue weighted by Crippen LogP contribution is -2.54. The van der Waals surface area contributed by atoms with Gasteiger partial charge in [0.05, 0.1) is 19.2 Å². The van der Waals surface area contributed by atoms with Gasteiger partial charge in [-0.3, -0.25) is 9.59 Å². The van der Waals surface area contributed by atoms with Gasteiger partial charge in [0.25, 0.3) is 0 Å². The van der Waals surface area contributed by atoms with E-state index in [2.05, 4.69) is 5.32 Å². The summed E-state index contributed by atoms with van der Waals surface area (Å²) >= 11 is 0. The summed E-state index contributed by atoms with van der Waals surface area (Å²) in [6, 6.07) is 0.417. The van der Waals surface area contributed by atoms with Crippen LogP contribution in [0.2, 0.25) is 0 Å². The minimum Gasteiger partial charge on any atom is -0.367 e. The summed E-state index contributed by atoms with van der Waals surface area (Å²) in [5, 5.41) is 3.49. The van der Waals surface area contributed by atoms with Crippen LogP contribution in [0.5, 0.6) is 0 Å². The van der Waals surface area contributed by atoms with E-state index >= 15 is 0 Å². The highest BCUT2D eigenvalue weighted by atomic mass is 16.5. The Morgan fingerprint density at radius 2 is 2.05 bits per heavy atom. The molecule has 6 nitrogen and oxygen atoms in total. The Hall–Kier alpha value is -1.14.